The average molecular weight is 1010 g/mol. The molecule has 0 saturated heterocycles. The monoisotopic (exact) mass is 1010 g/mol. The summed E-state index contributed by atoms with van der Waals surface area (Å²) in [4.78, 5) is 12.5. The average Bonchev–Trinajstić information content (AvgIpc) is 3.40. The molecule has 0 rings (SSSR count). The van der Waals surface area contributed by atoms with Crippen LogP contribution >= 0.6 is 0 Å². The minimum atomic E-state index is -0.889. The van der Waals surface area contributed by atoms with Crippen LogP contribution in [0.1, 0.15) is 277 Å². The van der Waals surface area contributed by atoms with Crippen LogP contribution in [0.2, 0.25) is 0 Å². The van der Waals surface area contributed by atoms with Crippen molar-refractivity contribution in [2.24, 2.45) is 0 Å². The van der Waals surface area contributed by atoms with Crippen LogP contribution in [0.4, 0.5) is 0 Å². The predicted octanol–water partition coefficient (Wildman–Crippen LogP) is 21.0. The third kappa shape index (κ3) is 59.3. The van der Waals surface area contributed by atoms with Crippen molar-refractivity contribution in [2.75, 3.05) is 6.61 Å². The summed E-state index contributed by atoms with van der Waals surface area (Å²) in [6.07, 6.45) is 97.8. The third-order valence-corrected chi connectivity index (χ3v) is 13.4. The van der Waals surface area contributed by atoms with Gasteiger partial charge in [0.15, 0.2) is 0 Å². The number of rotatable bonds is 55. The molecular formula is C69H117NO3. The summed E-state index contributed by atoms with van der Waals surface area (Å²) < 4.78 is 0. The number of carbonyl (C=O) groups is 1. The number of hydrogen-bond acceptors (Lipinski definition) is 3. The molecule has 3 N–H and O–H groups in total. The van der Waals surface area contributed by atoms with E-state index in [-0.39, 0.29) is 12.5 Å². The summed E-state index contributed by atoms with van der Waals surface area (Å²) in [6, 6.07) is -0.669. The Kier molecular flexibility index (Phi) is 59.8. The summed E-state index contributed by atoms with van der Waals surface area (Å²) in [5.74, 6) is -0.109. The zero-order valence-electron chi connectivity index (χ0n) is 47.9. The molecule has 0 aliphatic rings. The second kappa shape index (κ2) is 62.8. The van der Waals surface area contributed by atoms with E-state index >= 15 is 0 Å². The van der Waals surface area contributed by atoms with E-state index in [0.717, 1.165) is 103 Å². The Morgan fingerprint density at radius 1 is 0.342 bits per heavy atom. The highest BCUT2D eigenvalue weighted by Crippen LogP contribution is 2.16. The molecule has 4 heteroatoms. The van der Waals surface area contributed by atoms with Crippen molar-refractivity contribution < 1.29 is 15.0 Å². The van der Waals surface area contributed by atoms with E-state index in [1.807, 2.05) is 6.08 Å². The zero-order valence-corrected chi connectivity index (χ0v) is 47.9. The van der Waals surface area contributed by atoms with E-state index in [1.165, 1.54) is 154 Å². The van der Waals surface area contributed by atoms with Crippen molar-refractivity contribution in [3.63, 3.8) is 0 Å². The highest BCUT2D eigenvalue weighted by atomic mass is 16.3. The van der Waals surface area contributed by atoms with E-state index in [1.54, 1.807) is 6.08 Å². The molecule has 0 aromatic carbocycles. The Bertz CT molecular complexity index is 1470. The Morgan fingerprint density at radius 2 is 0.616 bits per heavy atom. The second-order valence-corrected chi connectivity index (χ2v) is 20.4. The first-order valence-corrected chi connectivity index (χ1v) is 30.9. The largest absolute Gasteiger partial charge is 0.394 e. The van der Waals surface area contributed by atoms with Gasteiger partial charge in [0.1, 0.15) is 0 Å². The van der Waals surface area contributed by atoms with Crippen molar-refractivity contribution in [3.8, 4) is 0 Å². The fourth-order valence-corrected chi connectivity index (χ4v) is 8.72. The van der Waals surface area contributed by atoms with Gasteiger partial charge in [0, 0.05) is 6.42 Å². The number of unbranched alkanes of at least 4 members (excludes halogenated alkanes) is 28. The van der Waals surface area contributed by atoms with Crippen molar-refractivity contribution >= 4 is 5.91 Å². The number of hydrogen-bond donors (Lipinski definition) is 3. The molecule has 0 aromatic heterocycles. The molecule has 0 radical (unpaired) electrons. The first kappa shape index (κ1) is 69.5. The van der Waals surface area contributed by atoms with Gasteiger partial charge in [-0.25, -0.2) is 0 Å². The normalized spacial score (nSPS) is 13.8. The quantitative estimate of drug-likeness (QED) is 0.0420. The molecule has 4 nitrogen and oxygen atoms in total. The highest BCUT2D eigenvalue weighted by Gasteiger charge is 2.17. The predicted molar refractivity (Wildman–Crippen MR) is 326 cm³/mol. The maximum Gasteiger partial charge on any atom is 0.220 e. The Labute approximate surface area is 453 Å². The number of amides is 1. The summed E-state index contributed by atoms with van der Waals surface area (Å²) in [5.41, 5.74) is 0. The molecule has 0 heterocycles. The van der Waals surface area contributed by atoms with Crippen LogP contribution in [0.5, 0.6) is 0 Å². The minimum Gasteiger partial charge on any atom is -0.394 e. The zero-order chi connectivity index (χ0) is 52.7. The molecule has 0 aromatic rings. The van der Waals surface area contributed by atoms with Crippen LogP contribution in [-0.4, -0.2) is 34.9 Å². The number of aliphatic hydroxyl groups excluding tert-OH is 2. The van der Waals surface area contributed by atoms with Gasteiger partial charge in [0.2, 0.25) is 5.91 Å². The lowest BCUT2D eigenvalue weighted by Gasteiger charge is -2.19. The Balaban J connectivity index is 3.65. The van der Waals surface area contributed by atoms with E-state index in [4.69, 9.17) is 0 Å². The van der Waals surface area contributed by atoms with Gasteiger partial charge in [0.05, 0.1) is 18.8 Å². The molecule has 416 valence electrons. The van der Waals surface area contributed by atoms with Crippen LogP contribution in [0.3, 0.4) is 0 Å². The topological polar surface area (TPSA) is 69.6 Å². The highest BCUT2D eigenvalue weighted by molar-refractivity contribution is 5.76. The third-order valence-electron chi connectivity index (χ3n) is 13.4. The van der Waals surface area contributed by atoms with E-state index in [0.29, 0.717) is 6.42 Å². The van der Waals surface area contributed by atoms with Crippen LogP contribution in [0.15, 0.2) is 134 Å². The summed E-state index contributed by atoms with van der Waals surface area (Å²) in [6.45, 7) is 4.18. The molecule has 0 spiro atoms. The smallest absolute Gasteiger partial charge is 0.220 e. The molecule has 1 amide bonds. The van der Waals surface area contributed by atoms with Gasteiger partial charge in [0.25, 0.3) is 0 Å². The molecule has 73 heavy (non-hydrogen) atoms. The number of nitrogens with one attached hydrogen (secondary N) is 1. The lowest BCUT2D eigenvalue weighted by atomic mass is 10.0. The van der Waals surface area contributed by atoms with Crippen molar-refractivity contribution in [1.29, 1.82) is 0 Å². The summed E-state index contributed by atoms with van der Waals surface area (Å²) >= 11 is 0. The summed E-state index contributed by atoms with van der Waals surface area (Å²) in [7, 11) is 0. The van der Waals surface area contributed by atoms with Crippen molar-refractivity contribution in [1.82, 2.24) is 5.32 Å². The number of allylic oxidation sites excluding steroid dienone is 21. The molecule has 0 aliphatic carbocycles. The molecule has 2 atom stereocenters. The fourth-order valence-electron chi connectivity index (χ4n) is 8.72. The summed E-state index contributed by atoms with van der Waals surface area (Å²) in [5, 5.41) is 23.2. The van der Waals surface area contributed by atoms with Crippen LogP contribution in [0.25, 0.3) is 0 Å². The Hall–Kier alpha value is -3.47. The van der Waals surface area contributed by atoms with Gasteiger partial charge in [-0.2, -0.15) is 0 Å². The first-order chi connectivity index (χ1) is 36.2. The molecule has 2 unspecified atom stereocenters. The fraction of sp³-hybridized carbons (Fsp3) is 0.667. The first-order valence-electron chi connectivity index (χ1n) is 30.9. The number of carbonyl (C=O) groups excluding carboxylic acids is 1. The van der Waals surface area contributed by atoms with Gasteiger partial charge >= 0.3 is 0 Å². The van der Waals surface area contributed by atoms with Crippen LogP contribution in [-0.2, 0) is 4.79 Å². The van der Waals surface area contributed by atoms with Crippen molar-refractivity contribution in [3.05, 3.63) is 134 Å². The second-order valence-electron chi connectivity index (χ2n) is 20.4. The van der Waals surface area contributed by atoms with Gasteiger partial charge in [-0.1, -0.05) is 302 Å². The Morgan fingerprint density at radius 3 is 0.959 bits per heavy atom. The van der Waals surface area contributed by atoms with E-state index in [2.05, 4.69) is 141 Å². The molecule has 0 aliphatic heterocycles. The van der Waals surface area contributed by atoms with E-state index < -0.39 is 12.1 Å². The molecule has 0 saturated carbocycles. The maximum absolute atomic E-state index is 12.5. The van der Waals surface area contributed by atoms with Gasteiger partial charge < -0.3 is 15.5 Å². The molecular weight excluding hydrogens is 891 g/mol. The standard InChI is InChI=1S/C69H117NO3/c1-3-5-7-9-11-13-15-17-19-21-23-25-27-29-31-33-35-37-39-41-43-45-47-49-51-53-55-57-59-61-63-65-69(73)70-67(66-71)68(72)64-62-60-58-56-54-52-50-48-46-44-42-40-38-36-34-32-30-28-26-24-22-20-18-16-14-12-10-8-6-4-2/h5,7,11,13,17,19,23,25,29,31,35,37,41,43,47,49,53-56,62,64,67-68,71-72H,3-4,6,8-10,12,14-16,18,20-22,24,26-28,30,32-34,36,38-40,42,44-46,48,50-52,57-61,63,65-66H2,1-2H3,(H,70,73)/b7-5-,13-11-,19-17-,25-23-,31-29-,37-35-,43-41-,49-47-,55-53-,56-54+,64-62+. The van der Waals surface area contributed by atoms with E-state index in [9.17, 15) is 15.0 Å². The maximum atomic E-state index is 12.5. The van der Waals surface area contributed by atoms with Crippen LogP contribution in [0, 0.1) is 0 Å². The van der Waals surface area contributed by atoms with Gasteiger partial charge in [-0.3, -0.25) is 4.79 Å². The molecule has 0 bridgehead atoms. The number of aliphatic hydroxyl groups is 2. The SMILES string of the molecule is CC/C=C\C/C=C\C/C=C\C/C=C\C/C=C\C/C=C\C/C=C\C/C=C\C/C=C\CCCCCC(=O)NC(CO)C(O)/C=C/CC/C=C/CCCCCCCCCCCCCCCCCCCCCCCCCC. The minimum absolute atomic E-state index is 0.109. The lowest BCUT2D eigenvalue weighted by molar-refractivity contribution is -0.123. The molecule has 0 fully saturated rings. The van der Waals surface area contributed by atoms with Gasteiger partial charge in [-0.15, -0.1) is 0 Å². The van der Waals surface area contributed by atoms with Crippen molar-refractivity contribution in [2.45, 2.75) is 289 Å². The van der Waals surface area contributed by atoms with Gasteiger partial charge in [-0.05, 0) is 103 Å². The lowest BCUT2D eigenvalue weighted by Crippen LogP contribution is -2.45. The van der Waals surface area contributed by atoms with Crippen LogP contribution < -0.4 is 5.32 Å².